The first-order valence-electron chi connectivity index (χ1n) is 9.48. The van der Waals surface area contributed by atoms with Gasteiger partial charge in [0.1, 0.15) is 29.5 Å². The van der Waals surface area contributed by atoms with Crippen molar-refractivity contribution in [1.29, 1.82) is 0 Å². The Labute approximate surface area is 155 Å². The van der Waals surface area contributed by atoms with E-state index in [1.54, 1.807) is 45.0 Å². The molecule has 2 aromatic carbocycles. The summed E-state index contributed by atoms with van der Waals surface area (Å²) < 4.78 is 42.1. The Hall–Kier alpha value is -2.56. The van der Waals surface area contributed by atoms with Crippen molar-refractivity contribution in [2.24, 2.45) is 5.92 Å². The molecule has 0 amide bonds. The van der Waals surface area contributed by atoms with Gasteiger partial charge in [0.05, 0.1) is 5.92 Å². The predicted octanol–water partition coefficient (Wildman–Crippen LogP) is 4.38. The van der Waals surface area contributed by atoms with E-state index in [0.717, 1.165) is 5.56 Å². The predicted molar refractivity (Wildman–Crippen MR) is 96.1 cm³/mol. The van der Waals surface area contributed by atoms with Gasteiger partial charge in [-0.25, -0.2) is 4.39 Å². The lowest BCUT2D eigenvalue weighted by Gasteiger charge is -2.18. The molecule has 1 unspecified atom stereocenters. The van der Waals surface area contributed by atoms with Crippen LogP contribution in [-0.4, -0.2) is 16.7 Å². The molecule has 3 rings (SSSR count). The number of benzene rings is 2. The molecule has 4 nitrogen and oxygen atoms in total. The molecule has 0 radical (unpaired) electrons. The first-order valence-corrected chi connectivity index (χ1v) is 8.48. The van der Waals surface area contributed by atoms with E-state index in [1.807, 2.05) is 0 Å². The highest BCUT2D eigenvalue weighted by atomic mass is 19.1. The Balaban J connectivity index is 1.75. The highest BCUT2D eigenvalue weighted by Gasteiger charge is 2.32. The lowest BCUT2D eigenvalue weighted by Crippen LogP contribution is -2.25. The minimum absolute atomic E-state index is 0.0249. The third-order valence-electron chi connectivity index (χ3n) is 4.20. The van der Waals surface area contributed by atoms with Gasteiger partial charge in [-0.1, -0.05) is 19.1 Å². The molecule has 0 saturated heterocycles. The van der Waals surface area contributed by atoms with Gasteiger partial charge < -0.3 is 14.6 Å². The maximum Gasteiger partial charge on any atom is 0.306 e. The number of rotatable bonds is 6. The van der Waals surface area contributed by atoms with E-state index < -0.39 is 29.7 Å². The molecule has 26 heavy (non-hydrogen) atoms. The van der Waals surface area contributed by atoms with Crippen LogP contribution >= 0.6 is 0 Å². The van der Waals surface area contributed by atoms with Crippen molar-refractivity contribution in [3.8, 4) is 11.5 Å². The van der Waals surface area contributed by atoms with Gasteiger partial charge in [0.25, 0.3) is 0 Å². The number of aliphatic carboxylic acids is 1. The topological polar surface area (TPSA) is 55.8 Å². The van der Waals surface area contributed by atoms with E-state index in [9.17, 15) is 9.18 Å². The molecule has 0 aliphatic carbocycles. The second-order valence-electron chi connectivity index (χ2n) is 7.06. The zero-order valence-corrected chi connectivity index (χ0v) is 15.0. The molecule has 1 aliphatic heterocycles. The summed E-state index contributed by atoms with van der Waals surface area (Å²) in [7, 11) is 0. The third kappa shape index (κ3) is 4.15. The Kier molecular flexibility index (Phi) is 4.21. The second kappa shape index (κ2) is 6.98. The summed E-state index contributed by atoms with van der Waals surface area (Å²) in [5.74, 6) is -0.992. The summed E-state index contributed by atoms with van der Waals surface area (Å²) >= 11 is 0. The summed E-state index contributed by atoms with van der Waals surface area (Å²) in [6.07, 6.45) is -1.40. The molecule has 1 atom stereocenters. The third-order valence-corrected chi connectivity index (χ3v) is 4.20. The molecule has 1 aliphatic rings. The van der Waals surface area contributed by atoms with Crippen molar-refractivity contribution in [2.75, 3.05) is 0 Å². The molecule has 2 aromatic rings. The average molecular weight is 360 g/mol. The van der Waals surface area contributed by atoms with E-state index in [-0.39, 0.29) is 12.2 Å². The van der Waals surface area contributed by atoms with Gasteiger partial charge in [0.15, 0.2) is 0 Å². The van der Waals surface area contributed by atoms with Crippen LogP contribution in [0, 0.1) is 11.7 Å². The number of halogens is 1. The van der Waals surface area contributed by atoms with Gasteiger partial charge in [0, 0.05) is 20.2 Å². The van der Waals surface area contributed by atoms with Crippen LogP contribution in [0.15, 0.2) is 36.4 Å². The van der Waals surface area contributed by atoms with Gasteiger partial charge in [-0.15, -0.1) is 0 Å². The largest absolute Gasteiger partial charge is 0.489 e. The maximum absolute atomic E-state index is 14.1. The SMILES string of the molecule is [2H]C1([2H])c2cc(F)cc(COc3ccc(CC(C)C(=O)O)cc3)c2OC1(C)C. The summed E-state index contributed by atoms with van der Waals surface area (Å²) in [6.45, 7) is 4.94. The summed E-state index contributed by atoms with van der Waals surface area (Å²) in [5.41, 5.74) is 0.398. The Morgan fingerprint density at radius 3 is 2.73 bits per heavy atom. The molecule has 1 heterocycles. The fourth-order valence-corrected chi connectivity index (χ4v) is 2.90. The molecule has 0 bridgehead atoms. The van der Waals surface area contributed by atoms with Gasteiger partial charge in [0.2, 0.25) is 0 Å². The van der Waals surface area contributed by atoms with E-state index in [0.29, 0.717) is 23.5 Å². The fraction of sp³-hybridized carbons (Fsp3) is 0.381. The van der Waals surface area contributed by atoms with Crippen molar-refractivity contribution in [1.82, 2.24) is 0 Å². The lowest BCUT2D eigenvalue weighted by molar-refractivity contribution is -0.141. The molecule has 0 spiro atoms. The zero-order chi connectivity index (χ0) is 20.7. The van der Waals surface area contributed by atoms with Crippen molar-refractivity contribution >= 4 is 5.97 Å². The molecule has 0 aromatic heterocycles. The quantitative estimate of drug-likeness (QED) is 0.830. The number of carbonyl (C=O) groups is 1. The second-order valence-corrected chi connectivity index (χ2v) is 7.06. The summed E-state index contributed by atoms with van der Waals surface area (Å²) in [6, 6.07) is 9.51. The first-order chi connectivity index (χ1) is 13.0. The van der Waals surface area contributed by atoms with Crippen LogP contribution in [0.2, 0.25) is 0 Å². The smallest absolute Gasteiger partial charge is 0.306 e. The minimum Gasteiger partial charge on any atom is -0.489 e. The molecule has 138 valence electrons. The van der Waals surface area contributed by atoms with Crippen LogP contribution in [0.4, 0.5) is 4.39 Å². The molecule has 1 N–H and O–H groups in total. The van der Waals surface area contributed by atoms with Crippen LogP contribution in [0.5, 0.6) is 11.5 Å². The van der Waals surface area contributed by atoms with Crippen molar-refractivity contribution in [2.45, 2.75) is 45.8 Å². The van der Waals surface area contributed by atoms with Crippen LogP contribution in [0.1, 0.15) is 40.2 Å². The monoisotopic (exact) mass is 360 g/mol. The van der Waals surface area contributed by atoms with Gasteiger partial charge in [-0.2, -0.15) is 0 Å². The number of carboxylic acid groups (broad SMARTS) is 1. The van der Waals surface area contributed by atoms with E-state index in [1.165, 1.54) is 12.1 Å². The number of hydrogen-bond donors (Lipinski definition) is 1. The highest BCUT2D eigenvalue weighted by Crippen LogP contribution is 2.38. The minimum atomic E-state index is -1.82. The zero-order valence-electron chi connectivity index (χ0n) is 17.0. The Bertz CT molecular complexity index is 894. The molecular weight excluding hydrogens is 335 g/mol. The average Bonchev–Trinajstić information content (AvgIpc) is 2.79. The standard InChI is InChI=1S/C21H23FO4/c1-13(20(23)24)8-14-4-6-18(7-5-14)25-12-16-10-17(22)9-15-11-21(2,3)26-19(15)16/h4-7,9-10,13H,8,11-12H2,1-3H3,(H,23,24)/i11D2. The summed E-state index contributed by atoms with van der Waals surface area (Å²) in [4.78, 5) is 10.9. The molecular formula is C21H23FO4. The van der Waals surface area contributed by atoms with Gasteiger partial charge in [-0.3, -0.25) is 4.79 Å². The molecule has 5 heteroatoms. The lowest BCUT2D eigenvalue weighted by atomic mass is 10.0. The number of carboxylic acids is 1. The van der Waals surface area contributed by atoms with Crippen molar-refractivity contribution in [3.05, 3.63) is 58.9 Å². The highest BCUT2D eigenvalue weighted by molar-refractivity contribution is 5.69. The van der Waals surface area contributed by atoms with Crippen LogP contribution < -0.4 is 9.47 Å². The first kappa shape index (κ1) is 15.7. The normalized spacial score (nSPS) is 18.9. The van der Waals surface area contributed by atoms with Gasteiger partial charge in [-0.05, 0) is 50.1 Å². The van der Waals surface area contributed by atoms with E-state index in [2.05, 4.69) is 0 Å². The van der Waals surface area contributed by atoms with E-state index in [4.69, 9.17) is 17.3 Å². The van der Waals surface area contributed by atoms with Crippen LogP contribution in [-0.2, 0) is 24.2 Å². The van der Waals surface area contributed by atoms with Crippen molar-refractivity contribution < 1.29 is 26.5 Å². The van der Waals surface area contributed by atoms with Gasteiger partial charge >= 0.3 is 5.97 Å². The van der Waals surface area contributed by atoms with Crippen LogP contribution in [0.3, 0.4) is 0 Å². The van der Waals surface area contributed by atoms with Crippen LogP contribution in [0.25, 0.3) is 0 Å². The van der Waals surface area contributed by atoms with Crippen molar-refractivity contribution in [3.63, 3.8) is 0 Å². The number of ether oxygens (including phenoxy) is 2. The fourth-order valence-electron chi connectivity index (χ4n) is 2.90. The van der Waals surface area contributed by atoms with E-state index >= 15 is 0 Å². The Morgan fingerprint density at radius 1 is 1.38 bits per heavy atom. The number of hydrogen-bond acceptors (Lipinski definition) is 3. The summed E-state index contributed by atoms with van der Waals surface area (Å²) in [5, 5.41) is 8.99. The molecule has 0 fully saturated rings. The molecule has 0 saturated carbocycles. The Morgan fingerprint density at radius 2 is 2.08 bits per heavy atom. The number of fused-ring (bicyclic) bond motifs is 1. The maximum atomic E-state index is 14.1.